The molecule has 0 bridgehead atoms. The van der Waals surface area contributed by atoms with Gasteiger partial charge in [0.15, 0.2) is 11.6 Å². The molecule has 1 saturated carbocycles. The highest BCUT2D eigenvalue weighted by molar-refractivity contribution is 9.10. The first-order valence-electron chi connectivity index (χ1n) is 5.50. The second-order valence-corrected chi connectivity index (χ2v) is 5.10. The lowest BCUT2D eigenvalue weighted by Crippen LogP contribution is -2.17. The average Bonchev–Trinajstić information content (AvgIpc) is 3.13. The number of carboxylic acid groups (broad SMARTS) is 1. The molecule has 0 aromatic heterocycles. The summed E-state index contributed by atoms with van der Waals surface area (Å²) in [4.78, 5) is 22.4. The number of hydrogen-bond acceptors (Lipinski definition) is 3. The van der Waals surface area contributed by atoms with Crippen LogP contribution in [-0.2, 0) is 9.59 Å². The Labute approximate surface area is 116 Å². The lowest BCUT2D eigenvalue weighted by Gasteiger charge is -2.09. The molecule has 102 valence electrons. The minimum atomic E-state index is -0.986. The van der Waals surface area contributed by atoms with Crippen molar-refractivity contribution in [3.8, 4) is 5.75 Å². The van der Waals surface area contributed by atoms with Crippen molar-refractivity contribution in [1.82, 2.24) is 0 Å². The van der Waals surface area contributed by atoms with Crippen LogP contribution in [0.2, 0.25) is 0 Å². The third-order valence-corrected chi connectivity index (χ3v) is 3.60. The fourth-order valence-electron chi connectivity index (χ4n) is 1.76. The topological polar surface area (TPSA) is 75.6 Å². The van der Waals surface area contributed by atoms with E-state index in [1.807, 2.05) is 0 Å². The number of methoxy groups -OCH3 is 1. The highest BCUT2D eigenvalue weighted by atomic mass is 79.9. The van der Waals surface area contributed by atoms with Gasteiger partial charge in [-0.15, -0.1) is 0 Å². The predicted octanol–water partition coefficient (Wildman–Crippen LogP) is 2.26. The number of aliphatic carboxylic acids is 1. The number of benzene rings is 1. The first-order valence-corrected chi connectivity index (χ1v) is 6.30. The van der Waals surface area contributed by atoms with Gasteiger partial charge in [0.1, 0.15) is 0 Å². The van der Waals surface area contributed by atoms with Crippen molar-refractivity contribution in [2.24, 2.45) is 11.8 Å². The highest BCUT2D eigenvalue weighted by Crippen LogP contribution is 2.40. The van der Waals surface area contributed by atoms with E-state index in [-0.39, 0.29) is 11.4 Å². The van der Waals surface area contributed by atoms with Crippen molar-refractivity contribution in [1.29, 1.82) is 0 Å². The van der Waals surface area contributed by atoms with Crippen molar-refractivity contribution in [3.05, 3.63) is 22.4 Å². The van der Waals surface area contributed by atoms with Crippen LogP contribution in [0.5, 0.6) is 5.75 Å². The third-order valence-electron chi connectivity index (χ3n) is 2.94. The van der Waals surface area contributed by atoms with Gasteiger partial charge in [-0.1, -0.05) is 0 Å². The normalized spacial score (nSPS) is 20.8. The fraction of sp³-hybridized carbons (Fsp3) is 0.333. The molecule has 2 rings (SSSR count). The number of carbonyl (C=O) groups is 2. The summed E-state index contributed by atoms with van der Waals surface area (Å²) in [5.74, 6) is -3.14. The van der Waals surface area contributed by atoms with Gasteiger partial charge in [0.05, 0.1) is 24.6 Å². The van der Waals surface area contributed by atoms with E-state index in [1.54, 1.807) is 0 Å². The van der Waals surface area contributed by atoms with Crippen LogP contribution in [0.4, 0.5) is 10.1 Å². The van der Waals surface area contributed by atoms with Crippen LogP contribution in [0.15, 0.2) is 16.6 Å². The summed E-state index contributed by atoms with van der Waals surface area (Å²) in [6.45, 7) is 0. The smallest absolute Gasteiger partial charge is 0.307 e. The summed E-state index contributed by atoms with van der Waals surface area (Å²) in [6.07, 6.45) is 0.317. The number of rotatable bonds is 4. The van der Waals surface area contributed by atoms with Crippen LogP contribution in [0.3, 0.4) is 0 Å². The summed E-state index contributed by atoms with van der Waals surface area (Å²) in [5, 5.41) is 11.2. The van der Waals surface area contributed by atoms with Crippen LogP contribution in [0.1, 0.15) is 6.42 Å². The summed E-state index contributed by atoms with van der Waals surface area (Å²) in [5.41, 5.74) is 0.249. The molecule has 0 radical (unpaired) electrons. The van der Waals surface area contributed by atoms with Crippen LogP contribution < -0.4 is 10.1 Å². The first-order chi connectivity index (χ1) is 8.93. The Balaban J connectivity index is 2.10. The predicted molar refractivity (Wildman–Crippen MR) is 68.5 cm³/mol. The Morgan fingerprint density at radius 1 is 1.47 bits per heavy atom. The van der Waals surface area contributed by atoms with Crippen molar-refractivity contribution in [2.75, 3.05) is 12.4 Å². The van der Waals surface area contributed by atoms with E-state index in [2.05, 4.69) is 21.2 Å². The van der Waals surface area contributed by atoms with Crippen LogP contribution in [0.25, 0.3) is 0 Å². The molecule has 2 atom stereocenters. The van der Waals surface area contributed by atoms with Gasteiger partial charge >= 0.3 is 5.97 Å². The lowest BCUT2D eigenvalue weighted by atomic mass is 10.2. The minimum absolute atomic E-state index is 0.0553. The van der Waals surface area contributed by atoms with Crippen molar-refractivity contribution >= 4 is 33.5 Å². The molecule has 2 N–H and O–H groups in total. The molecule has 5 nitrogen and oxygen atoms in total. The molecule has 0 spiro atoms. The Morgan fingerprint density at radius 3 is 2.68 bits per heavy atom. The van der Waals surface area contributed by atoms with Crippen molar-refractivity contribution in [2.45, 2.75) is 6.42 Å². The molecule has 0 unspecified atom stereocenters. The molecule has 1 aromatic carbocycles. The van der Waals surface area contributed by atoms with Gasteiger partial charge in [0.25, 0.3) is 0 Å². The Kier molecular flexibility index (Phi) is 3.75. The number of anilines is 1. The second kappa shape index (κ2) is 5.16. The highest BCUT2D eigenvalue weighted by Gasteiger charge is 2.48. The summed E-state index contributed by atoms with van der Waals surface area (Å²) in [7, 11) is 1.34. The first kappa shape index (κ1) is 13.8. The van der Waals surface area contributed by atoms with E-state index >= 15 is 0 Å². The molecule has 1 fully saturated rings. The molecule has 0 heterocycles. The Morgan fingerprint density at radius 2 is 2.16 bits per heavy atom. The number of nitrogens with one attached hydrogen (secondary N) is 1. The molecule has 0 aliphatic heterocycles. The summed E-state index contributed by atoms with van der Waals surface area (Å²) in [6, 6.07) is 2.52. The number of hydrogen-bond donors (Lipinski definition) is 2. The van der Waals surface area contributed by atoms with Crippen molar-refractivity contribution in [3.63, 3.8) is 0 Å². The van der Waals surface area contributed by atoms with E-state index in [1.165, 1.54) is 13.2 Å². The van der Waals surface area contributed by atoms with E-state index in [4.69, 9.17) is 9.84 Å². The maximum Gasteiger partial charge on any atom is 0.307 e. The quantitative estimate of drug-likeness (QED) is 0.887. The van der Waals surface area contributed by atoms with Gasteiger partial charge in [-0.2, -0.15) is 0 Å². The standard InChI is InChI=1S/C12H11BrFNO4/c1-19-10-3-7(13)9(4-8(10)14)15-11(16)5-2-6(5)12(17)18/h3-6H,2H2,1H3,(H,15,16)(H,17,18)/t5-,6-/m1/s1. The Hall–Kier alpha value is -1.63. The molecule has 1 aliphatic rings. The van der Waals surface area contributed by atoms with Crippen LogP contribution >= 0.6 is 15.9 Å². The molecular formula is C12H11BrFNO4. The van der Waals surface area contributed by atoms with Gasteiger partial charge in [0, 0.05) is 10.5 Å². The maximum atomic E-state index is 13.5. The lowest BCUT2D eigenvalue weighted by molar-refractivity contribution is -0.139. The van der Waals surface area contributed by atoms with Crippen LogP contribution in [0, 0.1) is 17.7 Å². The number of carbonyl (C=O) groups excluding carboxylic acids is 1. The number of amides is 1. The number of carboxylic acids is 1. The summed E-state index contributed by atoms with van der Waals surface area (Å²) < 4.78 is 18.8. The second-order valence-electron chi connectivity index (χ2n) is 4.24. The fourth-order valence-corrected chi connectivity index (χ4v) is 2.19. The van der Waals surface area contributed by atoms with Gasteiger partial charge in [-0.25, -0.2) is 4.39 Å². The zero-order chi connectivity index (χ0) is 14.2. The Bertz CT molecular complexity index is 549. The molecule has 1 amide bonds. The molecular weight excluding hydrogens is 321 g/mol. The van der Waals surface area contributed by atoms with Crippen LogP contribution in [-0.4, -0.2) is 24.1 Å². The average molecular weight is 332 g/mol. The number of halogens is 2. The molecule has 19 heavy (non-hydrogen) atoms. The van der Waals surface area contributed by atoms with Gasteiger partial charge < -0.3 is 15.2 Å². The number of ether oxygens (including phenoxy) is 1. The van der Waals surface area contributed by atoms with E-state index in [0.717, 1.165) is 6.07 Å². The SMILES string of the molecule is COc1cc(Br)c(NC(=O)[C@@H]2C[C@H]2C(=O)O)cc1F. The largest absolute Gasteiger partial charge is 0.494 e. The van der Waals surface area contributed by atoms with E-state index in [0.29, 0.717) is 10.9 Å². The minimum Gasteiger partial charge on any atom is -0.494 e. The van der Waals surface area contributed by atoms with Gasteiger partial charge in [0.2, 0.25) is 5.91 Å². The monoisotopic (exact) mass is 331 g/mol. The third kappa shape index (κ3) is 2.86. The zero-order valence-electron chi connectivity index (χ0n) is 9.94. The zero-order valence-corrected chi connectivity index (χ0v) is 11.5. The summed E-state index contributed by atoms with van der Waals surface area (Å²) >= 11 is 3.19. The van der Waals surface area contributed by atoms with Crippen molar-refractivity contribution < 1.29 is 23.8 Å². The van der Waals surface area contributed by atoms with E-state index < -0.39 is 29.5 Å². The molecule has 1 aromatic rings. The van der Waals surface area contributed by atoms with E-state index in [9.17, 15) is 14.0 Å². The molecule has 1 aliphatic carbocycles. The van der Waals surface area contributed by atoms with Gasteiger partial charge in [-0.3, -0.25) is 9.59 Å². The molecule has 0 saturated heterocycles. The maximum absolute atomic E-state index is 13.5. The van der Waals surface area contributed by atoms with Gasteiger partial charge in [-0.05, 0) is 28.4 Å². The molecule has 7 heteroatoms.